The van der Waals surface area contributed by atoms with Gasteiger partial charge in [0.1, 0.15) is 0 Å². The van der Waals surface area contributed by atoms with Crippen LogP contribution in [-0.4, -0.2) is 41.3 Å². The molecule has 3 heterocycles. The Hall–Kier alpha value is 0.698. The van der Waals surface area contributed by atoms with Crippen LogP contribution in [0.4, 0.5) is 0 Å². The second-order valence-electron chi connectivity index (χ2n) is 2.85. The van der Waals surface area contributed by atoms with Gasteiger partial charge in [-0.3, -0.25) is 0 Å². The molecule has 3 fully saturated rings. The summed E-state index contributed by atoms with van der Waals surface area (Å²) in [6.07, 6.45) is 0. The minimum atomic E-state index is -1.97. The molecule has 0 aromatic heterocycles. The van der Waals surface area contributed by atoms with Crippen LogP contribution in [0.15, 0.2) is 0 Å². The van der Waals surface area contributed by atoms with Crippen molar-refractivity contribution in [3.05, 3.63) is 0 Å². The van der Waals surface area contributed by atoms with Crippen LogP contribution in [0, 0.1) is 5.41 Å². The predicted molar refractivity (Wildman–Crippen MR) is 31.7 cm³/mol. The molecule has 0 aromatic rings. The maximum atomic E-state index is 5.32. The van der Waals surface area contributed by atoms with Gasteiger partial charge >= 0.3 is 62.7 Å². The second kappa shape index (κ2) is 2.09. The molecule has 3 aliphatic heterocycles. The molecule has 4 heteroatoms. The quantitative estimate of drug-likeness (QED) is 0.559. The van der Waals surface area contributed by atoms with Gasteiger partial charge in [0.05, 0.1) is 0 Å². The first-order chi connectivity index (χ1) is 4.29. The molecule has 0 saturated carbocycles. The molecule has 3 nitrogen and oxygen atoms in total. The van der Waals surface area contributed by atoms with E-state index in [1.165, 1.54) is 0 Å². The van der Waals surface area contributed by atoms with Gasteiger partial charge in [-0.05, 0) is 0 Å². The summed E-state index contributed by atoms with van der Waals surface area (Å²) in [6.45, 7) is 4.70. The van der Waals surface area contributed by atoms with E-state index in [-0.39, 0.29) is 5.41 Å². The molecule has 9 heavy (non-hydrogen) atoms. The van der Waals surface area contributed by atoms with E-state index in [2.05, 4.69) is 6.92 Å². The van der Waals surface area contributed by atoms with Gasteiger partial charge in [-0.15, -0.1) is 0 Å². The van der Waals surface area contributed by atoms with Crippen molar-refractivity contribution in [2.24, 2.45) is 5.41 Å². The predicted octanol–water partition coefficient (Wildman–Crippen LogP) is 0.0546. The van der Waals surface area contributed by atoms with Gasteiger partial charge in [0, 0.05) is 0 Å². The summed E-state index contributed by atoms with van der Waals surface area (Å²) in [5, 5.41) is 0. The summed E-state index contributed by atoms with van der Waals surface area (Å²) in [5.74, 6) is 0. The molecule has 3 rings (SSSR count). The van der Waals surface area contributed by atoms with Crippen LogP contribution in [0.2, 0.25) is 0 Å². The zero-order chi connectivity index (χ0) is 6.32. The molecule has 2 bridgehead atoms. The van der Waals surface area contributed by atoms with Crippen LogP contribution in [0.25, 0.3) is 0 Å². The molecule has 0 unspecified atom stereocenters. The molecule has 3 aliphatic rings. The number of hydrogen-bond donors (Lipinski definition) is 0. The van der Waals surface area contributed by atoms with Gasteiger partial charge < -0.3 is 0 Å². The van der Waals surface area contributed by atoms with Crippen molar-refractivity contribution in [3.63, 3.8) is 0 Å². The monoisotopic (exact) mass is 238 g/mol. The Labute approximate surface area is 62.9 Å². The second-order valence-corrected chi connectivity index (χ2v) is 6.34. The molecule has 0 aliphatic carbocycles. The van der Waals surface area contributed by atoms with Crippen molar-refractivity contribution in [2.45, 2.75) is 6.92 Å². The van der Waals surface area contributed by atoms with E-state index < -0.39 is 21.5 Å². The van der Waals surface area contributed by atoms with Crippen LogP contribution in [0.5, 0.6) is 0 Å². The van der Waals surface area contributed by atoms with Gasteiger partial charge in [-0.2, -0.15) is 0 Å². The molecule has 0 spiro atoms. The molecule has 0 radical (unpaired) electrons. The van der Waals surface area contributed by atoms with Crippen LogP contribution in [0.1, 0.15) is 6.92 Å². The third-order valence-corrected chi connectivity index (χ3v) is 4.47. The van der Waals surface area contributed by atoms with E-state index in [4.69, 9.17) is 9.05 Å². The first kappa shape index (κ1) is 6.41. The standard InChI is InChI=1S/C5H9O3.Sb/c1-5(2-6,3-7)4-8;/h2-4H2,1H3;/q-3;+3. The maximum absolute atomic E-state index is 5.32. The fourth-order valence-electron chi connectivity index (χ4n) is 0.862. The molecule has 52 valence electrons. The van der Waals surface area contributed by atoms with Crippen molar-refractivity contribution in [1.29, 1.82) is 0 Å². The molecule has 0 N–H and O–H groups in total. The van der Waals surface area contributed by atoms with Crippen molar-refractivity contribution < 1.29 is 9.05 Å². The number of rotatable bonds is 0. The molecular weight excluding hydrogens is 230 g/mol. The SMILES string of the molecule is CC12C[O][Sb]([O]C1)[O]C2. The van der Waals surface area contributed by atoms with E-state index >= 15 is 0 Å². The van der Waals surface area contributed by atoms with Crippen molar-refractivity contribution in [3.8, 4) is 0 Å². The Morgan fingerprint density at radius 3 is 1.78 bits per heavy atom. The molecule has 0 atom stereocenters. The molecular formula is C5H9O3Sb. The fraction of sp³-hybridized carbons (Fsp3) is 1.00. The summed E-state index contributed by atoms with van der Waals surface area (Å²) in [4.78, 5) is 0. The zero-order valence-corrected chi connectivity index (χ0v) is 7.85. The molecule has 0 aromatic carbocycles. The van der Waals surface area contributed by atoms with Crippen molar-refractivity contribution >= 4 is 21.5 Å². The number of hydrogen-bond acceptors (Lipinski definition) is 3. The van der Waals surface area contributed by atoms with E-state index in [1.807, 2.05) is 0 Å². The van der Waals surface area contributed by atoms with E-state index in [1.54, 1.807) is 0 Å². The average Bonchev–Trinajstić information content (AvgIpc) is 1.90. The van der Waals surface area contributed by atoms with Gasteiger partial charge in [0.15, 0.2) is 0 Å². The summed E-state index contributed by atoms with van der Waals surface area (Å²) < 4.78 is 16.0. The Morgan fingerprint density at radius 2 is 1.56 bits per heavy atom. The van der Waals surface area contributed by atoms with Gasteiger partial charge in [-0.25, -0.2) is 0 Å². The summed E-state index contributed by atoms with van der Waals surface area (Å²) in [7, 11) is 0. The summed E-state index contributed by atoms with van der Waals surface area (Å²) >= 11 is -1.97. The Kier molecular flexibility index (Phi) is 1.49. The Balaban J connectivity index is 2.11. The zero-order valence-electron chi connectivity index (χ0n) is 5.29. The number of fused-ring (bicyclic) bond motifs is 3. The summed E-state index contributed by atoms with van der Waals surface area (Å²) in [5.41, 5.74) is 0.166. The minimum absolute atomic E-state index is 0.166. The first-order valence-corrected chi connectivity index (χ1v) is 6.10. The molecule has 3 saturated heterocycles. The first-order valence-electron chi connectivity index (χ1n) is 2.97. The van der Waals surface area contributed by atoms with Crippen molar-refractivity contribution in [1.82, 2.24) is 0 Å². The van der Waals surface area contributed by atoms with E-state index in [9.17, 15) is 0 Å². The van der Waals surface area contributed by atoms with Crippen LogP contribution in [-0.2, 0) is 9.05 Å². The fourth-order valence-corrected chi connectivity index (χ4v) is 5.07. The van der Waals surface area contributed by atoms with Crippen molar-refractivity contribution in [2.75, 3.05) is 19.8 Å². The van der Waals surface area contributed by atoms with Gasteiger partial charge in [-0.1, -0.05) is 0 Å². The van der Waals surface area contributed by atoms with E-state index in [0.717, 1.165) is 19.8 Å². The third kappa shape index (κ3) is 1.12. The van der Waals surface area contributed by atoms with Crippen LogP contribution < -0.4 is 0 Å². The summed E-state index contributed by atoms with van der Waals surface area (Å²) in [6, 6.07) is 0. The Bertz CT molecular complexity index is 106. The van der Waals surface area contributed by atoms with Crippen LogP contribution in [0.3, 0.4) is 0 Å². The molecule has 0 amide bonds. The normalized spacial score (nSPS) is 33.0. The average molecular weight is 239 g/mol. The van der Waals surface area contributed by atoms with E-state index in [0.29, 0.717) is 0 Å². The van der Waals surface area contributed by atoms with Gasteiger partial charge in [0.2, 0.25) is 0 Å². The third-order valence-electron chi connectivity index (χ3n) is 1.56. The Morgan fingerprint density at radius 1 is 1.11 bits per heavy atom. The topological polar surface area (TPSA) is 27.7 Å². The van der Waals surface area contributed by atoms with Gasteiger partial charge in [0.25, 0.3) is 0 Å². The van der Waals surface area contributed by atoms with Crippen LogP contribution >= 0.6 is 0 Å².